The first-order valence-corrected chi connectivity index (χ1v) is 10.7. The number of likely N-dealkylation sites (tertiary alicyclic amines) is 1. The van der Waals surface area contributed by atoms with Gasteiger partial charge in [-0.1, -0.05) is 15.9 Å². The minimum absolute atomic E-state index is 0. The highest BCUT2D eigenvalue weighted by atomic mass is 79.9. The van der Waals surface area contributed by atoms with Crippen LogP contribution >= 0.6 is 28.3 Å². The molecule has 1 aliphatic heterocycles. The third-order valence-corrected chi connectivity index (χ3v) is 5.91. The number of anilines is 2. The molecule has 1 fully saturated rings. The Morgan fingerprint density at radius 1 is 1.16 bits per heavy atom. The number of ether oxygens (including phenoxy) is 2. The number of aromatic nitrogens is 2. The maximum absolute atomic E-state index is 14.3. The molecule has 4 rings (SSSR count). The molecule has 9 heteroatoms. The van der Waals surface area contributed by atoms with E-state index in [9.17, 15) is 4.39 Å². The van der Waals surface area contributed by atoms with Crippen molar-refractivity contribution >= 4 is 50.7 Å². The SMILES string of the molecule is COc1cc2c(Nc3ccc(Br)cc3F)ncnc2cc1OCC1CCN(C)CC1.Cl. The van der Waals surface area contributed by atoms with Gasteiger partial charge in [-0.25, -0.2) is 14.4 Å². The second-order valence-corrected chi connectivity index (χ2v) is 8.46. The van der Waals surface area contributed by atoms with E-state index >= 15 is 0 Å². The third-order valence-electron chi connectivity index (χ3n) is 5.42. The second kappa shape index (κ2) is 10.4. The van der Waals surface area contributed by atoms with Crippen LogP contribution in [0.25, 0.3) is 10.9 Å². The lowest BCUT2D eigenvalue weighted by atomic mass is 9.98. The summed E-state index contributed by atoms with van der Waals surface area (Å²) in [4.78, 5) is 11.0. The van der Waals surface area contributed by atoms with E-state index in [1.165, 1.54) is 12.4 Å². The van der Waals surface area contributed by atoms with Crippen LogP contribution in [0.5, 0.6) is 11.5 Å². The predicted octanol–water partition coefficient (Wildman–Crippen LogP) is 5.43. The fourth-order valence-corrected chi connectivity index (χ4v) is 3.92. The lowest BCUT2D eigenvalue weighted by Crippen LogP contribution is -2.32. The van der Waals surface area contributed by atoms with Crippen LogP contribution in [0.3, 0.4) is 0 Å². The number of fused-ring (bicyclic) bond motifs is 1. The molecule has 0 atom stereocenters. The quantitative estimate of drug-likeness (QED) is 0.476. The molecule has 1 N–H and O–H groups in total. The van der Waals surface area contributed by atoms with E-state index in [0.29, 0.717) is 45.5 Å². The zero-order valence-electron chi connectivity index (χ0n) is 17.4. The van der Waals surface area contributed by atoms with Crippen molar-refractivity contribution in [2.45, 2.75) is 12.8 Å². The molecule has 0 radical (unpaired) electrons. The highest BCUT2D eigenvalue weighted by Crippen LogP contribution is 2.35. The minimum Gasteiger partial charge on any atom is -0.493 e. The summed E-state index contributed by atoms with van der Waals surface area (Å²) in [6.07, 6.45) is 3.71. The van der Waals surface area contributed by atoms with E-state index in [1.807, 2.05) is 12.1 Å². The normalized spacial score (nSPS) is 14.8. The molecule has 0 saturated carbocycles. The van der Waals surface area contributed by atoms with Crippen LogP contribution in [0.15, 0.2) is 41.1 Å². The highest BCUT2D eigenvalue weighted by molar-refractivity contribution is 9.10. The van der Waals surface area contributed by atoms with Crippen molar-refractivity contribution in [3.63, 3.8) is 0 Å². The zero-order chi connectivity index (χ0) is 21.1. The van der Waals surface area contributed by atoms with E-state index < -0.39 is 0 Å². The molecular formula is C22H25BrClFN4O2. The molecule has 31 heavy (non-hydrogen) atoms. The monoisotopic (exact) mass is 510 g/mol. The molecule has 0 spiro atoms. The molecule has 3 aromatic rings. The number of hydrogen-bond acceptors (Lipinski definition) is 6. The molecule has 166 valence electrons. The summed E-state index contributed by atoms with van der Waals surface area (Å²) < 4.78 is 26.6. The Kier molecular flexibility index (Phi) is 7.91. The second-order valence-electron chi connectivity index (χ2n) is 7.55. The average Bonchev–Trinajstić information content (AvgIpc) is 2.75. The third kappa shape index (κ3) is 5.56. The van der Waals surface area contributed by atoms with Gasteiger partial charge in [0.1, 0.15) is 18.0 Å². The lowest BCUT2D eigenvalue weighted by Gasteiger charge is -2.28. The van der Waals surface area contributed by atoms with Gasteiger partial charge >= 0.3 is 0 Å². The first-order chi connectivity index (χ1) is 14.5. The van der Waals surface area contributed by atoms with Gasteiger partial charge in [0.2, 0.25) is 0 Å². The molecule has 0 bridgehead atoms. The molecule has 1 saturated heterocycles. The summed E-state index contributed by atoms with van der Waals surface area (Å²) in [5.74, 6) is 1.92. The standard InChI is InChI=1S/C22H24BrFN4O2.ClH/c1-28-7-5-14(6-8-28)12-30-21-11-19-16(10-20(21)29-2)22(26-13-25-19)27-18-4-3-15(23)9-17(18)24;/h3-4,9-11,13-14H,5-8,12H2,1-2H3,(H,25,26,27);1H. The van der Waals surface area contributed by atoms with Crippen LogP contribution in [-0.4, -0.2) is 48.7 Å². The first kappa shape index (κ1) is 23.5. The van der Waals surface area contributed by atoms with Gasteiger partial charge in [-0.15, -0.1) is 12.4 Å². The molecule has 0 aliphatic carbocycles. The molecule has 6 nitrogen and oxygen atoms in total. The number of nitrogens with one attached hydrogen (secondary N) is 1. The number of halogens is 3. The number of hydrogen-bond donors (Lipinski definition) is 1. The highest BCUT2D eigenvalue weighted by Gasteiger charge is 2.19. The van der Waals surface area contributed by atoms with E-state index in [-0.39, 0.29) is 18.2 Å². The molecular weight excluding hydrogens is 487 g/mol. The van der Waals surface area contributed by atoms with Crippen molar-refractivity contribution in [2.75, 3.05) is 39.2 Å². The van der Waals surface area contributed by atoms with Crippen molar-refractivity contribution in [3.8, 4) is 11.5 Å². The van der Waals surface area contributed by atoms with Crippen molar-refractivity contribution in [3.05, 3.63) is 46.9 Å². The fourth-order valence-electron chi connectivity index (χ4n) is 3.59. The number of rotatable bonds is 6. The molecule has 1 aromatic heterocycles. The van der Waals surface area contributed by atoms with Crippen LogP contribution in [-0.2, 0) is 0 Å². The number of nitrogens with zero attached hydrogens (tertiary/aromatic N) is 3. The van der Waals surface area contributed by atoms with Gasteiger partial charge in [0.15, 0.2) is 11.5 Å². The van der Waals surface area contributed by atoms with E-state index in [2.05, 4.69) is 43.2 Å². The van der Waals surface area contributed by atoms with Gasteiger partial charge in [0.05, 0.1) is 24.9 Å². The van der Waals surface area contributed by atoms with E-state index in [0.717, 1.165) is 31.3 Å². The molecule has 0 amide bonds. The maximum Gasteiger partial charge on any atom is 0.163 e. The smallest absolute Gasteiger partial charge is 0.163 e. The Morgan fingerprint density at radius 2 is 1.94 bits per heavy atom. The molecule has 1 aliphatic rings. The van der Waals surface area contributed by atoms with Gasteiger partial charge < -0.3 is 19.7 Å². The van der Waals surface area contributed by atoms with Crippen LogP contribution in [0.4, 0.5) is 15.9 Å². The van der Waals surface area contributed by atoms with Crippen LogP contribution in [0.2, 0.25) is 0 Å². The maximum atomic E-state index is 14.3. The minimum atomic E-state index is -0.374. The van der Waals surface area contributed by atoms with Crippen molar-refractivity contribution in [2.24, 2.45) is 5.92 Å². The summed E-state index contributed by atoms with van der Waals surface area (Å²) in [5.41, 5.74) is 1.03. The number of methoxy groups -OCH3 is 1. The summed E-state index contributed by atoms with van der Waals surface area (Å²) in [6, 6.07) is 8.52. The van der Waals surface area contributed by atoms with Crippen molar-refractivity contribution < 1.29 is 13.9 Å². The Hall–Kier alpha value is -2.16. The topological polar surface area (TPSA) is 59.5 Å². The lowest BCUT2D eigenvalue weighted by molar-refractivity contribution is 0.157. The Balaban J connectivity index is 0.00000272. The Bertz CT molecular complexity index is 1050. The average molecular weight is 512 g/mol. The molecule has 2 heterocycles. The molecule has 2 aromatic carbocycles. The van der Waals surface area contributed by atoms with Gasteiger partial charge in [-0.05, 0) is 63.2 Å². The predicted molar refractivity (Wildman–Crippen MR) is 126 cm³/mol. The van der Waals surface area contributed by atoms with Crippen LogP contribution in [0.1, 0.15) is 12.8 Å². The number of benzene rings is 2. The summed E-state index contributed by atoms with van der Waals surface area (Å²) in [7, 11) is 3.75. The Labute approximate surface area is 195 Å². The number of piperidine rings is 1. The largest absolute Gasteiger partial charge is 0.493 e. The Morgan fingerprint density at radius 3 is 2.65 bits per heavy atom. The zero-order valence-corrected chi connectivity index (χ0v) is 19.8. The van der Waals surface area contributed by atoms with Gasteiger partial charge in [0.25, 0.3) is 0 Å². The summed E-state index contributed by atoms with van der Waals surface area (Å²) >= 11 is 3.27. The van der Waals surface area contributed by atoms with Crippen LogP contribution < -0.4 is 14.8 Å². The summed E-state index contributed by atoms with van der Waals surface area (Å²) in [5, 5.41) is 3.78. The van der Waals surface area contributed by atoms with E-state index in [1.54, 1.807) is 19.2 Å². The van der Waals surface area contributed by atoms with Crippen molar-refractivity contribution in [1.82, 2.24) is 14.9 Å². The van der Waals surface area contributed by atoms with Crippen LogP contribution in [0, 0.1) is 11.7 Å². The summed E-state index contributed by atoms with van der Waals surface area (Å²) in [6.45, 7) is 2.84. The first-order valence-electron chi connectivity index (χ1n) is 9.89. The fraction of sp³-hybridized carbons (Fsp3) is 0.364. The van der Waals surface area contributed by atoms with Gasteiger partial charge in [0, 0.05) is 15.9 Å². The van der Waals surface area contributed by atoms with Gasteiger partial charge in [-0.2, -0.15) is 0 Å². The van der Waals surface area contributed by atoms with Crippen molar-refractivity contribution in [1.29, 1.82) is 0 Å². The van der Waals surface area contributed by atoms with Gasteiger partial charge in [-0.3, -0.25) is 0 Å². The molecule has 0 unspecified atom stereocenters. The van der Waals surface area contributed by atoms with E-state index in [4.69, 9.17) is 9.47 Å².